The van der Waals surface area contributed by atoms with E-state index in [0.717, 1.165) is 18.0 Å². The van der Waals surface area contributed by atoms with Crippen LogP contribution in [0.25, 0.3) is 5.76 Å². The van der Waals surface area contributed by atoms with Crippen molar-refractivity contribution in [3.8, 4) is 5.75 Å². The van der Waals surface area contributed by atoms with Crippen LogP contribution in [-0.2, 0) is 9.59 Å². The summed E-state index contributed by atoms with van der Waals surface area (Å²) in [5.74, 6) is -0.670. The van der Waals surface area contributed by atoms with Crippen LogP contribution in [0.5, 0.6) is 5.75 Å². The van der Waals surface area contributed by atoms with Crippen LogP contribution in [0.4, 0.5) is 0 Å². The number of aliphatic hydroxyl groups is 1. The van der Waals surface area contributed by atoms with Crippen LogP contribution >= 0.6 is 11.3 Å². The van der Waals surface area contributed by atoms with Crippen molar-refractivity contribution in [2.45, 2.75) is 26.8 Å². The number of amides is 1. The highest BCUT2D eigenvalue weighted by Crippen LogP contribution is 2.41. The summed E-state index contributed by atoms with van der Waals surface area (Å²) >= 11 is 1.47. The molecule has 0 aliphatic carbocycles. The third-order valence-electron chi connectivity index (χ3n) is 5.34. The van der Waals surface area contributed by atoms with Crippen LogP contribution in [0.2, 0.25) is 0 Å². The maximum Gasteiger partial charge on any atom is 0.295 e. The number of Topliss-reactive ketones (excluding diaryl/α,β-unsaturated/α-hetero) is 1. The Morgan fingerprint density at radius 2 is 1.83 bits per heavy atom. The van der Waals surface area contributed by atoms with Gasteiger partial charge in [-0.2, -0.15) is 0 Å². The average molecular weight is 429 g/mol. The van der Waals surface area contributed by atoms with Gasteiger partial charge in [0.1, 0.15) is 11.5 Å². The van der Waals surface area contributed by atoms with Gasteiger partial charge in [-0.15, -0.1) is 11.3 Å². The Bertz CT molecular complexity index is 902. The van der Waals surface area contributed by atoms with Crippen molar-refractivity contribution < 1.29 is 19.4 Å². The molecule has 1 amide bonds. The lowest BCUT2D eigenvalue weighted by Gasteiger charge is -2.27. The molecule has 6 nitrogen and oxygen atoms in total. The zero-order valence-corrected chi connectivity index (χ0v) is 18.4. The molecule has 3 rings (SSSR count). The van der Waals surface area contributed by atoms with E-state index in [4.69, 9.17) is 4.74 Å². The van der Waals surface area contributed by atoms with E-state index >= 15 is 0 Å². The number of likely N-dealkylation sites (N-methyl/N-ethyl adjacent to an activating group) is 1. The van der Waals surface area contributed by atoms with E-state index in [1.165, 1.54) is 11.3 Å². The third-order valence-corrected chi connectivity index (χ3v) is 6.27. The lowest BCUT2D eigenvalue weighted by atomic mass is 10.00. The summed E-state index contributed by atoms with van der Waals surface area (Å²) in [6, 6.07) is 10.1. The molecule has 2 aromatic rings. The van der Waals surface area contributed by atoms with Crippen molar-refractivity contribution >= 4 is 28.8 Å². The van der Waals surface area contributed by atoms with Gasteiger partial charge in [0.05, 0.1) is 18.2 Å². The molecule has 160 valence electrons. The SMILES string of the molecule is CCOc1ccc(/C(O)=C2\C(=O)C(=O)N(CCN(CC)CC)[C@@H]2c2cccs2)cc1. The van der Waals surface area contributed by atoms with Crippen LogP contribution in [-0.4, -0.2) is 59.4 Å². The number of ether oxygens (including phenoxy) is 1. The van der Waals surface area contributed by atoms with Gasteiger partial charge in [-0.3, -0.25) is 9.59 Å². The molecule has 1 N–H and O–H groups in total. The molecule has 0 saturated carbocycles. The Morgan fingerprint density at radius 3 is 2.40 bits per heavy atom. The van der Waals surface area contributed by atoms with Crippen molar-refractivity contribution in [2.24, 2.45) is 0 Å². The highest BCUT2D eigenvalue weighted by atomic mass is 32.1. The van der Waals surface area contributed by atoms with Gasteiger partial charge in [0.2, 0.25) is 0 Å². The fraction of sp³-hybridized carbons (Fsp3) is 0.391. The molecule has 1 aromatic heterocycles. The van der Waals surface area contributed by atoms with Crippen molar-refractivity contribution in [3.63, 3.8) is 0 Å². The quantitative estimate of drug-likeness (QED) is 0.373. The first-order chi connectivity index (χ1) is 14.5. The number of nitrogens with zero attached hydrogens (tertiary/aromatic N) is 2. The van der Waals surface area contributed by atoms with Gasteiger partial charge >= 0.3 is 0 Å². The van der Waals surface area contributed by atoms with Gasteiger partial charge in [0, 0.05) is 23.5 Å². The largest absolute Gasteiger partial charge is 0.507 e. The normalized spacial score (nSPS) is 18.4. The van der Waals surface area contributed by atoms with Crippen LogP contribution in [0.1, 0.15) is 37.3 Å². The predicted molar refractivity (Wildman–Crippen MR) is 119 cm³/mol. The molecule has 0 radical (unpaired) electrons. The van der Waals surface area contributed by atoms with Gasteiger partial charge in [-0.1, -0.05) is 19.9 Å². The number of likely N-dealkylation sites (tertiary alicyclic amines) is 1. The van der Waals surface area contributed by atoms with E-state index in [1.54, 1.807) is 29.2 Å². The second-order valence-corrected chi connectivity index (χ2v) is 7.97. The first-order valence-corrected chi connectivity index (χ1v) is 11.2. The molecule has 1 atom stereocenters. The van der Waals surface area contributed by atoms with Gasteiger partial charge < -0.3 is 19.6 Å². The molecule has 30 heavy (non-hydrogen) atoms. The molecule has 7 heteroatoms. The maximum atomic E-state index is 12.9. The highest BCUT2D eigenvalue weighted by Gasteiger charge is 2.46. The van der Waals surface area contributed by atoms with E-state index in [-0.39, 0.29) is 11.3 Å². The summed E-state index contributed by atoms with van der Waals surface area (Å²) in [5.41, 5.74) is 0.632. The number of carbonyl (C=O) groups excluding carboxylic acids is 2. The smallest absolute Gasteiger partial charge is 0.295 e. The molecule has 1 aliphatic heterocycles. The summed E-state index contributed by atoms with van der Waals surface area (Å²) in [5, 5.41) is 12.9. The topological polar surface area (TPSA) is 70.1 Å². The molecule has 0 spiro atoms. The van der Waals surface area contributed by atoms with E-state index in [1.807, 2.05) is 24.4 Å². The third kappa shape index (κ3) is 4.42. The summed E-state index contributed by atoms with van der Waals surface area (Å²) in [6.45, 7) is 9.42. The minimum Gasteiger partial charge on any atom is -0.507 e. The summed E-state index contributed by atoms with van der Waals surface area (Å²) in [7, 11) is 0. The van der Waals surface area contributed by atoms with Crippen LogP contribution in [0.3, 0.4) is 0 Å². The van der Waals surface area contributed by atoms with Crippen LogP contribution < -0.4 is 4.74 Å². The predicted octanol–water partition coefficient (Wildman–Crippen LogP) is 3.91. The van der Waals surface area contributed by atoms with Crippen LogP contribution in [0.15, 0.2) is 47.4 Å². The number of ketones is 1. The molecular formula is C23H28N2O4S. The first kappa shape index (κ1) is 22.1. The van der Waals surface area contributed by atoms with Crippen molar-refractivity contribution in [1.29, 1.82) is 0 Å². The van der Waals surface area contributed by atoms with Gasteiger partial charge in [-0.05, 0) is 55.7 Å². The second-order valence-electron chi connectivity index (χ2n) is 6.99. The Morgan fingerprint density at radius 1 is 1.13 bits per heavy atom. The Labute approximate surface area is 181 Å². The van der Waals surface area contributed by atoms with Crippen molar-refractivity contribution in [1.82, 2.24) is 9.80 Å². The number of hydrogen-bond donors (Lipinski definition) is 1. The molecule has 1 fully saturated rings. The number of benzene rings is 1. The van der Waals surface area contributed by atoms with E-state index in [0.29, 0.717) is 31.0 Å². The van der Waals surface area contributed by atoms with Gasteiger partial charge in [-0.25, -0.2) is 0 Å². The molecule has 1 aliphatic rings. The zero-order valence-electron chi connectivity index (χ0n) is 17.6. The molecule has 1 aromatic carbocycles. The minimum atomic E-state index is -0.640. The highest BCUT2D eigenvalue weighted by molar-refractivity contribution is 7.10. The first-order valence-electron chi connectivity index (χ1n) is 10.3. The zero-order chi connectivity index (χ0) is 21.7. The summed E-state index contributed by atoms with van der Waals surface area (Å²) in [6.07, 6.45) is 0. The molecule has 1 saturated heterocycles. The Kier molecular flexibility index (Phi) is 7.29. The number of thiophene rings is 1. The summed E-state index contributed by atoms with van der Waals surface area (Å²) < 4.78 is 5.45. The minimum absolute atomic E-state index is 0.145. The van der Waals surface area contributed by atoms with Gasteiger partial charge in [0.25, 0.3) is 11.7 Å². The molecule has 0 unspecified atom stereocenters. The lowest BCUT2D eigenvalue weighted by Crippen LogP contribution is -2.37. The Hall–Kier alpha value is -2.64. The van der Waals surface area contributed by atoms with E-state index < -0.39 is 17.7 Å². The standard InChI is InChI=1S/C23H28N2O4S/c1-4-24(5-2)13-14-25-20(18-8-7-15-30-18)19(22(27)23(25)28)21(26)16-9-11-17(12-10-16)29-6-3/h7-12,15,20,26H,4-6,13-14H2,1-3H3/b21-19+/t20-/m1/s1. The van der Waals surface area contributed by atoms with E-state index in [9.17, 15) is 14.7 Å². The monoisotopic (exact) mass is 428 g/mol. The molecule has 0 bridgehead atoms. The maximum absolute atomic E-state index is 12.9. The second kappa shape index (κ2) is 9.91. The number of aliphatic hydroxyl groups excluding tert-OH is 1. The fourth-order valence-electron chi connectivity index (χ4n) is 3.67. The van der Waals surface area contributed by atoms with Gasteiger partial charge in [0.15, 0.2) is 0 Å². The number of carbonyl (C=O) groups is 2. The van der Waals surface area contributed by atoms with Crippen molar-refractivity contribution in [3.05, 3.63) is 57.8 Å². The molecule has 2 heterocycles. The van der Waals surface area contributed by atoms with Crippen molar-refractivity contribution in [2.75, 3.05) is 32.8 Å². The molecular weight excluding hydrogens is 400 g/mol. The lowest BCUT2D eigenvalue weighted by molar-refractivity contribution is -0.140. The average Bonchev–Trinajstić information content (AvgIpc) is 3.37. The van der Waals surface area contributed by atoms with E-state index in [2.05, 4.69) is 18.7 Å². The number of hydrogen-bond acceptors (Lipinski definition) is 6. The van der Waals surface area contributed by atoms with Crippen LogP contribution in [0, 0.1) is 0 Å². The fourth-order valence-corrected chi connectivity index (χ4v) is 4.52. The summed E-state index contributed by atoms with van der Waals surface area (Å²) in [4.78, 5) is 30.5. The number of rotatable bonds is 9. The Balaban J connectivity index is 1.99.